The van der Waals surface area contributed by atoms with Crippen molar-refractivity contribution in [2.45, 2.75) is 51.5 Å². The minimum absolute atomic E-state index is 0.651. The van der Waals surface area contributed by atoms with E-state index < -0.39 is 0 Å². The highest BCUT2D eigenvalue weighted by atomic mass is 14.9. The Bertz CT molecular complexity index is 538. The van der Waals surface area contributed by atoms with Crippen molar-refractivity contribution < 1.29 is 0 Å². The molecule has 1 aromatic carbocycles. The lowest BCUT2D eigenvalue weighted by Crippen LogP contribution is -2.11. The summed E-state index contributed by atoms with van der Waals surface area (Å²) in [7, 11) is 0. The fraction of sp³-hybridized carbons (Fsp3) is 0.562. The number of benzene rings is 1. The summed E-state index contributed by atoms with van der Waals surface area (Å²) in [4.78, 5) is 8.33. The molecule has 0 atom stereocenters. The zero-order chi connectivity index (χ0) is 13.1. The first kappa shape index (κ1) is 12.7. The summed E-state index contributed by atoms with van der Waals surface area (Å²) in [6, 6.07) is 6.55. The highest BCUT2D eigenvalue weighted by Crippen LogP contribution is 2.32. The predicted octanol–water partition coefficient (Wildman–Crippen LogP) is 3.72. The lowest BCUT2D eigenvalue weighted by molar-refractivity contribution is 0.431. The zero-order valence-electron chi connectivity index (χ0n) is 11.7. The molecule has 0 aliphatic heterocycles. The van der Waals surface area contributed by atoms with Gasteiger partial charge in [0.1, 0.15) is 5.82 Å². The SMILES string of the molecule is CCNCc1ccc2nc(C3CCCCC3)[nH]c2c1. The van der Waals surface area contributed by atoms with Gasteiger partial charge < -0.3 is 10.3 Å². The van der Waals surface area contributed by atoms with E-state index in [0.29, 0.717) is 5.92 Å². The summed E-state index contributed by atoms with van der Waals surface area (Å²) in [5, 5.41) is 3.37. The molecule has 0 amide bonds. The summed E-state index contributed by atoms with van der Waals surface area (Å²) in [5.74, 6) is 1.86. The maximum atomic E-state index is 4.78. The number of rotatable bonds is 4. The lowest BCUT2D eigenvalue weighted by atomic mass is 9.89. The largest absolute Gasteiger partial charge is 0.342 e. The monoisotopic (exact) mass is 257 g/mol. The van der Waals surface area contributed by atoms with Gasteiger partial charge in [0, 0.05) is 12.5 Å². The number of imidazole rings is 1. The molecule has 1 aliphatic carbocycles. The van der Waals surface area contributed by atoms with Crippen molar-refractivity contribution >= 4 is 11.0 Å². The van der Waals surface area contributed by atoms with Gasteiger partial charge in [0.25, 0.3) is 0 Å². The van der Waals surface area contributed by atoms with Gasteiger partial charge in [0.15, 0.2) is 0 Å². The van der Waals surface area contributed by atoms with Crippen molar-refractivity contribution in [3.05, 3.63) is 29.6 Å². The minimum Gasteiger partial charge on any atom is -0.342 e. The van der Waals surface area contributed by atoms with E-state index in [2.05, 4.69) is 35.4 Å². The Kier molecular flexibility index (Phi) is 3.83. The highest BCUT2D eigenvalue weighted by molar-refractivity contribution is 5.76. The Morgan fingerprint density at radius 1 is 1.26 bits per heavy atom. The molecule has 0 spiro atoms. The van der Waals surface area contributed by atoms with Gasteiger partial charge in [0.05, 0.1) is 11.0 Å². The van der Waals surface area contributed by atoms with Gasteiger partial charge in [0.2, 0.25) is 0 Å². The molecule has 3 nitrogen and oxygen atoms in total. The van der Waals surface area contributed by atoms with Gasteiger partial charge in [-0.25, -0.2) is 4.98 Å². The Morgan fingerprint density at radius 3 is 2.89 bits per heavy atom. The van der Waals surface area contributed by atoms with Crippen LogP contribution in [0.1, 0.15) is 56.3 Å². The van der Waals surface area contributed by atoms with Crippen LogP contribution >= 0.6 is 0 Å². The molecule has 0 bridgehead atoms. The third-order valence-electron chi connectivity index (χ3n) is 4.14. The van der Waals surface area contributed by atoms with Crippen LogP contribution in [0.4, 0.5) is 0 Å². The smallest absolute Gasteiger partial charge is 0.110 e. The normalized spacial score (nSPS) is 17.1. The molecule has 0 radical (unpaired) electrons. The average Bonchev–Trinajstić information content (AvgIpc) is 2.89. The van der Waals surface area contributed by atoms with Crippen LogP contribution in [0.15, 0.2) is 18.2 Å². The molecule has 3 heteroatoms. The standard InChI is InChI=1S/C16H23N3/c1-2-17-11-12-8-9-14-15(10-12)19-16(18-14)13-6-4-3-5-7-13/h8-10,13,17H,2-7,11H2,1H3,(H,18,19). The Balaban J connectivity index is 1.83. The molecule has 1 aliphatic rings. The number of hydrogen-bond donors (Lipinski definition) is 2. The van der Waals surface area contributed by atoms with Crippen LogP contribution in [0.2, 0.25) is 0 Å². The van der Waals surface area contributed by atoms with Gasteiger partial charge in [-0.1, -0.05) is 32.3 Å². The minimum atomic E-state index is 0.651. The van der Waals surface area contributed by atoms with E-state index in [4.69, 9.17) is 4.98 Å². The van der Waals surface area contributed by atoms with E-state index in [1.165, 1.54) is 49.0 Å². The number of nitrogens with zero attached hydrogens (tertiary/aromatic N) is 1. The van der Waals surface area contributed by atoms with Crippen LogP contribution in [-0.2, 0) is 6.54 Å². The molecule has 3 rings (SSSR count). The summed E-state index contributed by atoms with van der Waals surface area (Å²) in [6.45, 7) is 4.08. The van der Waals surface area contributed by atoms with Gasteiger partial charge in [-0.3, -0.25) is 0 Å². The van der Waals surface area contributed by atoms with Crippen LogP contribution in [0.25, 0.3) is 11.0 Å². The van der Waals surface area contributed by atoms with Crippen LogP contribution < -0.4 is 5.32 Å². The second kappa shape index (κ2) is 5.74. The molecule has 19 heavy (non-hydrogen) atoms. The molecule has 1 aromatic heterocycles. The summed E-state index contributed by atoms with van der Waals surface area (Å²) in [6.07, 6.45) is 6.69. The number of aromatic amines is 1. The molecule has 1 fully saturated rings. The van der Waals surface area contributed by atoms with Crippen LogP contribution in [0.3, 0.4) is 0 Å². The first-order valence-electron chi connectivity index (χ1n) is 7.56. The Morgan fingerprint density at radius 2 is 2.11 bits per heavy atom. The van der Waals surface area contributed by atoms with E-state index in [-0.39, 0.29) is 0 Å². The first-order chi connectivity index (χ1) is 9.36. The molecule has 1 saturated carbocycles. The number of hydrogen-bond acceptors (Lipinski definition) is 2. The summed E-state index contributed by atoms with van der Waals surface area (Å²) in [5.41, 5.74) is 3.63. The summed E-state index contributed by atoms with van der Waals surface area (Å²) >= 11 is 0. The first-order valence-corrected chi connectivity index (χ1v) is 7.56. The molecular formula is C16H23N3. The van der Waals surface area contributed by atoms with Gasteiger partial charge >= 0.3 is 0 Å². The van der Waals surface area contributed by atoms with E-state index in [1.807, 2.05) is 0 Å². The van der Waals surface area contributed by atoms with Crippen molar-refractivity contribution in [2.24, 2.45) is 0 Å². The fourth-order valence-electron chi connectivity index (χ4n) is 3.03. The van der Waals surface area contributed by atoms with Gasteiger partial charge in [-0.2, -0.15) is 0 Å². The van der Waals surface area contributed by atoms with Crippen molar-refractivity contribution in [2.75, 3.05) is 6.54 Å². The van der Waals surface area contributed by atoms with Gasteiger partial charge in [-0.15, -0.1) is 0 Å². The molecule has 2 aromatic rings. The number of fused-ring (bicyclic) bond motifs is 1. The van der Waals surface area contributed by atoms with E-state index in [0.717, 1.165) is 18.6 Å². The Labute approximate surface area is 114 Å². The van der Waals surface area contributed by atoms with E-state index in [1.54, 1.807) is 0 Å². The zero-order valence-corrected chi connectivity index (χ0v) is 11.7. The topological polar surface area (TPSA) is 40.7 Å². The number of nitrogens with one attached hydrogen (secondary N) is 2. The van der Waals surface area contributed by atoms with Crippen LogP contribution in [0, 0.1) is 0 Å². The quantitative estimate of drug-likeness (QED) is 0.876. The third kappa shape index (κ3) is 2.81. The fourth-order valence-corrected chi connectivity index (χ4v) is 3.03. The second-order valence-electron chi connectivity index (χ2n) is 5.59. The van der Waals surface area contributed by atoms with Crippen molar-refractivity contribution in [3.63, 3.8) is 0 Å². The second-order valence-corrected chi connectivity index (χ2v) is 5.59. The maximum Gasteiger partial charge on any atom is 0.110 e. The van der Waals surface area contributed by atoms with E-state index in [9.17, 15) is 0 Å². The van der Waals surface area contributed by atoms with Crippen molar-refractivity contribution in [1.82, 2.24) is 15.3 Å². The lowest BCUT2D eigenvalue weighted by Gasteiger charge is -2.18. The van der Waals surface area contributed by atoms with Crippen LogP contribution in [-0.4, -0.2) is 16.5 Å². The number of aromatic nitrogens is 2. The molecule has 102 valence electrons. The Hall–Kier alpha value is -1.35. The predicted molar refractivity (Wildman–Crippen MR) is 79.3 cm³/mol. The molecular weight excluding hydrogens is 234 g/mol. The third-order valence-corrected chi connectivity index (χ3v) is 4.14. The highest BCUT2D eigenvalue weighted by Gasteiger charge is 2.18. The molecule has 0 unspecified atom stereocenters. The van der Waals surface area contributed by atoms with Gasteiger partial charge in [-0.05, 0) is 37.1 Å². The molecule has 2 N–H and O–H groups in total. The molecule has 1 heterocycles. The van der Waals surface area contributed by atoms with Crippen molar-refractivity contribution in [3.8, 4) is 0 Å². The summed E-state index contributed by atoms with van der Waals surface area (Å²) < 4.78 is 0. The average molecular weight is 257 g/mol. The molecule has 0 saturated heterocycles. The van der Waals surface area contributed by atoms with E-state index >= 15 is 0 Å². The van der Waals surface area contributed by atoms with Crippen molar-refractivity contribution in [1.29, 1.82) is 0 Å². The maximum absolute atomic E-state index is 4.78. The van der Waals surface area contributed by atoms with Crippen LogP contribution in [0.5, 0.6) is 0 Å². The number of H-pyrrole nitrogens is 1.